The molecule has 1 aromatic heterocycles. The number of nitrogens with zero attached hydrogens (tertiary/aromatic N) is 2. The van der Waals surface area contributed by atoms with Crippen molar-refractivity contribution in [3.63, 3.8) is 0 Å². The first-order chi connectivity index (χ1) is 12.2. The molecule has 132 valence electrons. The number of rotatable bonds is 3. The van der Waals surface area contributed by atoms with Crippen LogP contribution in [0.3, 0.4) is 0 Å². The molecule has 0 bridgehead atoms. The molecule has 1 fully saturated rings. The van der Waals surface area contributed by atoms with E-state index in [2.05, 4.69) is 5.32 Å². The maximum Gasteiger partial charge on any atom is 0.161 e. The number of anilines is 1. The molecule has 2 N–H and O–H groups in total. The van der Waals surface area contributed by atoms with Crippen LogP contribution in [0.5, 0.6) is 0 Å². The predicted molar refractivity (Wildman–Crippen MR) is 101 cm³/mol. The van der Waals surface area contributed by atoms with Gasteiger partial charge in [0.2, 0.25) is 0 Å². The maximum atomic E-state index is 9.74. The molecule has 2 aliphatic rings. The van der Waals surface area contributed by atoms with E-state index in [1.54, 1.807) is 0 Å². The molecule has 1 heterocycles. The van der Waals surface area contributed by atoms with Gasteiger partial charge in [-0.2, -0.15) is 0 Å². The van der Waals surface area contributed by atoms with Gasteiger partial charge in [0.05, 0.1) is 6.10 Å². The van der Waals surface area contributed by atoms with E-state index in [0.717, 1.165) is 60.8 Å². The van der Waals surface area contributed by atoms with Gasteiger partial charge in [-0.1, -0.05) is 11.6 Å². The molecule has 5 heteroatoms. The third kappa shape index (κ3) is 3.80. The third-order valence-electron chi connectivity index (χ3n) is 5.32. The fourth-order valence-electron chi connectivity index (χ4n) is 3.86. The molecule has 0 unspecified atom stereocenters. The summed E-state index contributed by atoms with van der Waals surface area (Å²) >= 11 is 6.01. The van der Waals surface area contributed by atoms with Crippen molar-refractivity contribution in [2.75, 3.05) is 5.32 Å². The summed E-state index contributed by atoms with van der Waals surface area (Å²) in [6.45, 7) is 0. The van der Waals surface area contributed by atoms with E-state index in [1.807, 2.05) is 24.3 Å². The summed E-state index contributed by atoms with van der Waals surface area (Å²) in [6, 6.07) is 8.12. The first-order valence-electron chi connectivity index (χ1n) is 9.29. The minimum atomic E-state index is -0.137. The zero-order chi connectivity index (χ0) is 17.2. The number of fused-ring (bicyclic) bond motifs is 1. The third-order valence-corrected chi connectivity index (χ3v) is 5.58. The maximum absolute atomic E-state index is 9.74. The molecule has 2 aromatic rings. The highest BCUT2D eigenvalue weighted by Crippen LogP contribution is 2.31. The number of aromatic nitrogens is 2. The summed E-state index contributed by atoms with van der Waals surface area (Å²) in [5, 5.41) is 14.1. The number of hydrogen-bond donors (Lipinski definition) is 2. The Balaban J connectivity index is 1.66. The SMILES string of the molecule is OC1CCC(Nc2nc(-c3ccc(Cl)cc3)nc3c2CCCC3)CC1. The van der Waals surface area contributed by atoms with Gasteiger partial charge in [0.15, 0.2) is 5.82 Å². The van der Waals surface area contributed by atoms with Crippen molar-refractivity contribution in [1.29, 1.82) is 0 Å². The number of aliphatic hydroxyl groups excluding tert-OH is 1. The topological polar surface area (TPSA) is 58.0 Å². The number of hydrogen-bond acceptors (Lipinski definition) is 4. The first kappa shape index (κ1) is 16.8. The summed E-state index contributed by atoms with van der Waals surface area (Å²) in [7, 11) is 0. The number of aryl methyl sites for hydroxylation is 1. The smallest absolute Gasteiger partial charge is 0.161 e. The molecule has 4 rings (SSSR count). The summed E-state index contributed by atoms with van der Waals surface area (Å²) in [5.74, 6) is 1.77. The lowest BCUT2D eigenvalue weighted by atomic mass is 9.92. The normalized spacial score (nSPS) is 23.1. The summed E-state index contributed by atoms with van der Waals surface area (Å²) < 4.78 is 0. The van der Waals surface area contributed by atoms with Crippen LogP contribution in [-0.4, -0.2) is 27.2 Å². The minimum absolute atomic E-state index is 0.137. The monoisotopic (exact) mass is 357 g/mol. The molecule has 1 saturated carbocycles. The lowest BCUT2D eigenvalue weighted by Gasteiger charge is -2.28. The highest BCUT2D eigenvalue weighted by atomic mass is 35.5. The predicted octanol–water partition coefficient (Wildman–Crippen LogP) is 4.39. The Morgan fingerprint density at radius 3 is 2.44 bits per heavy atom. The van der Waals surface area contributed by atoms with Gasteiger partial charge in [-0.25, -0.2) is 9.97 Å². The van der Waals surface area contributed by atoms with Gasteiger partial charge in [-0.3, -0.25) is 0 Å². The van der Waals surface area contributed by atoms with Crippen LogP contribution in [0.2, 0.25) is 5.02 Å². The number of aliphatic hydroxyl groups is 1. The summed E-state index contributed by atoms with van der Waals surface area (Å²) in [6.07, 6.45) is 8.07. The first-order valence-corrected chi connectivity index (χ1v) is 9.67. The van der Waals surface area contributed by atoms with Gasteiger partial charge in [-0.15, -0.1) is 0 Å². The fourth-order valence-corrected chi connectivity index (χ4v) is 3.98. The zero-order valence-electron chi connectivity index (χ0n) is 14.3. The van der Waals surface area contributed by atoms with Crippen molar-refractivity contribution in [3.8, 4) is 11.4 Å². The zero-order valence-corrected chi connectivity index (χ0v) is 15.1. The van der Waals surface area contributed by atoms with Gasteiger partial charge in [0.25, 0.3) is 0 Å². The second-order valence-corrected chi connectivity index (χ2v) is 7.62. The van der Waals surface area contributed by atoms with Crippen molar-refractivity contribution >= 4 is 17.4 Å². The van der Waals surface area contributed by atoms with Crippen molar-refractivity contribution in [1.82, 2.24) is 9.97 Å². The highest BCUT2D eigenvalue weighted by molar-refractivity contribution is 6.30. The molecular weight excluding hydrogens is 334 g/mol. The Hall–Kier alpha value is -1.65. The minimum Gasteiger partial charge on any atom is -0.393 e. The largest absolute Gasteiger partial charge is 0.393 e. The second-order valence-electron chi connectivity index (χ2n) is 7.18. The van der Waals surface area contributed by atoms with Crippen LogP contribution in [0.25, 0.3) is 11.4 Å². The van der Waals surface area contributed by atoms with Gasteiger partial charge < -0.3 is 10.4 Å². The van der Waals surface area contributed by atoms with E-state index in [4.69, 9.17) is 21.6 Å². The van der Waals surface area contributed by atoms with Crippen LogP contribution in [0.15, 0.2) is 24.3 Å². The van der Waals surface area contributed by atoms with Crippen LogP contribution in [0.4, 0.5) is 5.82 Å². The molecule has 0 atom stereocenters. The molecule has 0 saturated heterocycles. The second kappa shape index (κ2) is 7.30. The average molecular weight is 358 g/mol. The number of benzene rings is 1. The van der Waals surface area contributed by atoms with E-state index in [-0.39, 0.29) is 6.10 Å². The lowest BCUT2D eigenvalue weighted by Crippen LogP contribution is -2.29. The van der Waals surface area contributed by atoms with Crippen molar-refractivity contribution < 1.29 is 5.11 Å². The van der Waals surface area contributed by atoms with Crippen molar-refractivity contribution in [3.05, 3.63) is 40.5 Å². The number of halogens is 1. The Kier molecular flexibility index (Phi) is 4.91. The van der Waals surface area contributed by atoms with E-state index in [9.17, 15) is 5.11 Å². The quantitative estimate of drug-likeness (QED) is 0.855. The van der Waals surface area contributed by atoms with Gasteiger partial charge in [0.1, 0.15) is 5.82 Å². The molecule has 0 radical (unpaired) electrons. The molecular formula is C20H24ClN3O. The van der Waals surface area contributed by atoms with Crippen LogP contribution in [0.1, 0.15) is 49.8 Å². The molecule has 2 aliphatic carbocycles. The Bertz CT molecular complexity index is 739. The van der Waals surface area contributed by atoms with E-state index >= 15 is 0 Å². The Morgan fingerprint density at radius 1 is 0.960 bits per heavy atom. The van der Waals surface area contributed by atoms with E-state index < -0.39 is 0 Å². The average Bonchev–Trinajstić information content (AvgIpc) is 2.64. The summed E-state index contributed by atoms with van der Waals surface area (Å²) in [5.41, 5.74) is 3.47. The molecule has 4 nitrogen and oxygen atoms in total. The molecule has 0 aliphatic heterocycles. The Labute approximate surface area is 153 Å². The van der Waals surface area contributed by atoms with Crippen molar-refractivity contribution in [2.45, 2.75) is 63.5 Å². The van der Waals surface area contributed by atoms with Crippen LogP contribution in [0, 0.1) is 0 Å². The standard InChI is InChI=1S/C20H24ClN3O/c21-14-7-5-13(6-8-14)19-23-18-4-2-1-3-17(18)20(24-19)22-15-9-11-16(25)12-10-15/h5-8,15-16,25H,1-4,9-12H2,(H,22,23,24). The van der Waals surface area contributed by atoms with E-state index in [1.165, 1.54) is 24.1 Å². The highest BCUT2D eigenvalue weighted by Gasteiger charge is 2.23. The molecule has 0 amide bonds. The Morgan fingerprint density at radius 2 is 1.68 bits per heavy atom. The van der Waals surface area contributed by atoms with E-state index in [0.29, 0.717) is 6.04 Å². The van der Waals surface area contributed by atoms with Gasteiger partial charge in [0, 0.05) is 27.9 Å². The van der Waals surface area contributed by atoms with Gasteiger partial charge in [-0.05, 0) is 75.6 Å². The number of nitrogens with one attached hydrogen (secondary N) is 1. The molecule has 0 spiro atoms. The van der Waals surface area contributed by atoms with Crippen LogP contribution in [-0.2, 0) is 12.8 Å². The van der Waals surface area contributed by atoms with Crippen molar-refractivity contribution in [2.24, 2.45) is 0 Å². The lowest BCUT2D eigenvalue weighted by molar-refractivity contribution is 0.126. The molecule has 1 aromatic carbocycles. The molecule has 25 heavy (non-hydrogen) atoms. The van der Waals surface area contributed by atoms with Gasteiger partial charge >= 0.3 is 0 Å². The summed E-state index contributed by atoms with van der Waals surface area (Å²) in [4.78, 5) is 9.72. The fraction of sp³-hybridized carbons (Fsp3) is 0.500. The van der Waals surface area contributed by atoms with Crippen LogP contribution < -0.4 is 5.32 Å². The van der Waals surface area contributed by atoms with Crippen LogP contribution >= 0.6 is 11.6 Å².